The molecule has 5 heteroatoms. The summed E-state index contributed by atoms with van der Waals surface area (Å²) in [5, 5.41) is 2.94. The van der Waals surface area contributed by atoms with Gasteiger partial charge in [0.25, 0.3) is 0 Å². The molecule has 0 aliphatic carbocycles. The topological polar surface area (TPSA) is 64.2 Å². The largest absolute Gasteiger partial charge is 0.419 e. The standard InChI is InChI=1S/C19H20N2O3/c1-13(2)14-7-3-4-8-15(14)20-18(22)11-12-21-16-9-5-6-10-17(16)24-19(21)23/h3-10,13H,11-12H2,1-2H3,(H,20,22). The van der Waals surface area contributed by atoms with Crippen LogP contribution in [0.4, 0.5) is 5.69 Å². The van der Waals surface area contributed by atoms with Crippen molar-refractivity contribution in [1.82, 2.24) is 4.57 Å². The predicted octanol–water partition coefficient (Wildman–Crippen LogP) is 3.75. The molecule has 0 radical (unpaired) electrons. The number of fused-ring (bicyclic) bond motifs is 1. The van der Waals surface area contributed by atoms with Crippen LogP contribution in [0.2, 0.25) is 0 Å². The Kier molecular flexibility index (Phi) is 4.51. The summed E-state index contributed by atoms with van der Waals surface area (Å²) in [6, 6.07) is 15.0. The SMILES string of the molecule is CC(C)c1ccccc1NC(=O)CCn1c(=O)oc2ccccc21. The number of hydrogen-bond donors (Lipinski definition) is 1. The summed E-state index contributed by atoms with van der Waals surface area (Å²) in [7, 11) is 0. The molecule has 3 aromatic rings. The van der Waals surface area contributed by atoms with Gasteiger partial charge in [-0.05, 0) is 29.7 Å². The highest BCUT2D eigenvalue weighted by Gasteiger charge is 2.12. The molecule has 0 aliphatic rings. The van der Waals surface area contributed by atoms with E-state index in [1.54, 1.807) is 6.07 Å². The zero-order valence-electron chi connectivity index (χ0n) is 13.8. The second-order valence-corrected chi connectivity index (χ2v) is 6.03. The van der Waals surface area contributed by atoms with Crippen molar-refractivity contribution in [3.05, 3.63) is 64.6 Å². The van der Waals surface area contributed by atoms with Gasteiger partial charge >= 0.3 is 5.76 Å². The van der Waals surface area contributed by atoms with E-state index in [0.29, 0.717) is 17.0 Å². The van der Waals surface area contributed by atoms with Crippen molar-refractivity contribution in [2.75, 3.05) is 5.32 Å². The first-order valence-corrected chi connectivity index (χ1v) is 8.03. The minimum absolute atomic E-state index is 0.125. The lowest BCUT2D eigenvalue weighted by Crippen LogP contribution is -2.20. The quantitative estimate of drug-likeness (QED) is 0.777. The number of oxazole rings is 1. The minimum atomic E-state index is -0.438. The molecule has 0 aliphatic heterocycles. The molecule has 0 bridgehead atoms. The summed E-state index contributed by atoms with van der Waals surface area (Å²) < 4.78 is 6.67. The Morgan fingerprint density at radius 1 is 1.12 bits per heavy atom. The summed E-state index contributed by atoms with van der Waals surface area (Å²) in [5.41, 5.74) is 3.16. The van der Waals surface area contributed by atoms with Crippen molar-refractivity contribution in [3.63, 3.8) is 0 Å². The van der Waals surface area contributed by atoms with Gasteiger partial charge in [-0.1, -0.05) is 44.2 Å². The first kappa shape index (κ1) is 16.1. The van der Waals surface area contributed by atoms with Gasteiger partial charge in [-0.3, -0.25) is 9.36 Å². The molecular formula is C19H20N2O3. The molecule has 5 nitrogen and oxygen atoms in total. The monoisotopic (exact) mass is 324 g/mol. The summed E-state index contributed by atoms with van der Waals surface area (Å²) in [5.74, 6) is -0.242. The fraction of sp³-hybridized carbons (Fsp3) is 0.263. The van der Waals surface area contributed by atoms with Crippen molar-refractivity contribution in [2.45, 2.75) is 32.7 Å². The smallest absolute Gasteiger partial charge is 0.408 e. The van der Waals surface area contributed by atoms with Crippen LogP contribution in [0.3, 0.4) is 0 Å². The van der Waals surface area contributed by atoms with E-state index >= 15 is 0 Å². The number of benzene rings is 2. The number of anilines is 1. The van der Waals surface area contributed by atoms with E-state index in [1.807, 2.05) is 42.5 Å². The highest BCUT2D eigenvalue weighted by Crippen LogP contribution is 2.23. The number of nitrogens with zero attached hydrogens (tertiary/aromatic N) is 1. The third-order valence-corrected chi connectivity index (χ3v) is 3.99. The summed E-state index contributed by atoms with van der Waals surface area (Å²) in [6.07, 6.45) is 0.204. The van der Waals surface area contributed by atoms with E-state index in [4.69, 9.17) is 4.42 Å². The molecule has 1 aromatic heterocycles. The Bertz CT molecular complexity index is 922. The fourth-order valence-corrected chi connectivity index (χ4v) is 2.77. The average molecular weight is 324 g/mol. The molecule has 1 heterocycles. The third-order valence-electron chi connectivity index (χ3n) is 3.99. The number of hydrogen-bond acceptors (Lipinski definition) is 3. The number of aromatic nitrogens is 1. The van der Waals surface area contributed by atoms with E-state index < -0.39 is 5.76 Å². The number of carbonyl (C=O) groups excluding carboxylic acids is 1. The normalized spacial score (nSPS) is 11.1. The Morgan fingerprint density at radius 2 is 1.83 bits per heavy atom. The molecule has 124 valence electrons. The molecule has 1 amide bonds. The lowest BCUT2D eigenvalue weighted by Gasteiger charge is -2.13. The van der Waals surface area contributed by atoms with E-state index in [2.05, 4.69) is 19.2 Å². The maximum atomic E-state index is 12.3. The molecular weight excluding hydrogens is 304 g/mol. The lowest BCUT2D eigenvalue weighted by molar-refractivity contribution is -0.116. The van der Waals surface area contributed by atoms with Gasteiger partial charge in [0.15, 0.2) is 5.58 Å². The molecule has 1 N–H and O–H groups in total. The number of amides is 1. The second-order valence-electron chi connectivity index (χ2n) is 6.03. The number of nitrogens with one attached hydrogen (secondary N) is 1. The van der Waals surface area contributed by atoms with Crippen molar-refractivity contribution in [2.24, 2.45) is 0 Å². The lowest BCUT2D eigenvalue weighted by atomic mass is 10.0. The van der Waals surface area contributed by atoms with Crippen LogP contribution in [-0.2, 0) is 11.3 Å². The summed E-state index contributed by atoms with van der Waals surface area (Å²) >= 11 is 0. The van der Waals surface area contributed by atoms with E-state index in [9.17, 15) is 9.59 Å². The van der Waals surface area contributed by atoms with Gasteiger partial charge in [0.05, 0.1) is 5.52 Å². The minimum Gasteiger partial charge on any atom is -0.408 e. The Morgan fingerprint density at radius 3 is 2.62 bits per heavy atom. The number of carbonyl (C=O) groups is 1. The van der Waals surface area contributed by atoms with E-state index in [0.717, 1.165) is 11.3 Å². The van der Waals surface area contributed by atoms with Crippen LogP contribution in [0.25, 0.3) is 11.1 Å². The Hall–Kier alpha value is -2.82. The maximum Gasteiger partial charge on any atom is 0.419 e. The van der Waals surface area contributed by atoms with Gasteiger partial charge in [-0.25, -0.2) is 4.79 Å². The fourth-order valence-electron chi connectivity index (χ4n) is 2.77. The van der Waals surface area contributed by atoms with Crippen LogP contribution < -0.4 is 11.1 Å². The number of aryl methyl sites for hydroxylation is 1. The molecule has 0 saturated carbocycles. The second kappa shape index (κ2) is 6.74. The first-order chi connectivity index (χ1) is 11.6. The molecule has 0 spiro atoms. The number of rotatable bonds is 5. The van der Waals surface area contributed by atoms with Crippen molar-refractivity contribution >= 4 is 22.7 Å². The number of para-hydroxylation sites is 3. The van der Waals surface area contributed by atoms with Crippen LogP contribution in [0.15, 0.2) is 57.7 Å². The highest BCUT2D eigenvalue weighted by atomic mass is 16.4. The van der Waals surface area contributed by atoms with Gasteiger partial charge in [-0.15, -0.1) is 0 Å². The third kappa shape index (κ3) is 3.25. The van der Waals surface area contributed by atoms with E-state index in [1.165, 1.54) is 4.57 Å². The zero-order valence-corrected chi connectivity index (χ0v) is 13.8. The summed E-state index contributed by atoms with van der Waals surface area (Å²) in [4.78, 5) is 24.2. The molecule has 0 atom stereocenters. The molecule has 2 aromatic carbocycles. The molecule has 0 fully saturated rings. The highest BCUT2D eigenvalue weighted by molar-refractivity contribution is 5.91. The predicted molar refractivity (Wildman–Crippen MR) is 94.3 cm³/mol. The van der Waals surface area contributed by atoms with Gasteiger partial charge in [0.2, 0.25) is 5.91 Å². The molecule has 0 saturated heterocycles. The van der Waals surface area contributed by atoms with Crippen LogP contribution in [0.1, 0.15) is 31.7 Å². The molecule has 3 rings (SSSR count). The summed E-state index contributed by atoms with van der Waals surface area (Å²) in [6.45, 7) is 4.45. The van der Waals surface area contributed by atoms with Crippen LogP contribution in [-0.4, -0.2) is 10.5 Å². The van der Waals surface area contributed by atoms with Crippen LogP contribution >= 0.6 is 0 Å². The van der Waals surface area contributed by atoms with Crippen LogP contribution in [0, 0.1) is 0 Å². The van der Waals surface area contributed by atoms with Gasteiger partial charge < -0.3 is 9.73 Å². The first-order valence-electron chi connectivity index (χ1n) is 8.03. The van der Waals surface area contributed by atoms with Gasteiger partial charge in [0, 0.05) is 18.7 Å². The van der Waals surface area contributed by atoms with Gasteiger partial charge in [0.1, 0.15) is 0 Å². The average Bonchev–Trinajstić information content (AvgIpc) is 2.88. The molecule has 0 unspecified atom stereocenters. The van der Waals surface area contributed by atoms with Crippen molar-refractivity contribution in [1.29, 1.82) is 0 Å². The Balaban J connectivity index is 1.72. The van der Waals surface area contributed by atoms with Crippen LogP contribution in [0.5, 0.6) is 0 Å². The molecule has 24 heavy (non-hydrogen) atoms. The van der Waals surface area contributed by atoms with Gasteiger partial charge in [-0.2, -0.15) is 0 Å². The Labute approximate surface area is 139 Å². The zero-order chi connectivity index (χ0) is 17.1. The van der Waals surface area contributed by atoms with Crippen molar-refractivity contribution < 1.29 is 9.21 Å². The van der Waals surface area contributed by atoms with E-state index in [-0.39, 0.29) is 18.9 Å². The van der Waals surface area contributed by atoms with Crippen molar-refractivity contribution in [3.8, 4) is 0 Å². The maximum absolute atomic E-state index is 12.3.